The molecule has 0 atom stereocenters. The molecule has 0 radical (unpaired) electrons. The molecule has 1 aromatic heterocycles. The van der Waals surface area contributed by atoms with Gasteiger partial charge in [-0.3, -0.25) is 4.79 Å². The summed E-state index contributed by atoms with van der Waals surface area (Å²) in [6.07, 6.45) is 0.694. The number of carbonyl (C=O) groups is 2. The predicted octanol–water partition coefficient (Wildman–Crippen LogP) is 6.18. The molecule has 8 heteroatoms. The number of aryl methyl sites for hydroxylation is 1. The standard InChI is InChI=1S/C29H30FN5O2/c1-4-17-34(29(37)31-25-12-8-9-20(2)21(25)3)19-28(36)32-27-18-26(22-10-6-5-7-11-22)33-35(27)24-15-13-23(30)14-16-24/h5-16,18H,4,17,19H2,1-3H3,(H,31,37)(H,32,36). The first-order valence-corrected chi connectivity index (χ1v) is 12.2. The minimum atomic E-state index is -0.368. The Bertz CT molecular complexity index is 1380. The first-order valence-electron chi connectivity index (χ1n) is 12.2. The zero-order valence-corrected chi connectivity index (χ0v) is 21.2. The lowest BCUT2D eigenvalue weighted by Gasteiger charge is -2.23. The summed E-state index contributed by atoms with van der Waals surface area (Å²) in [4.78, 5) is 27.7. The first-order chi connectivity index (χ1) is 17.9. The topological polar surface area (TPSA) is 79.3 Å². The van der Waals surface area contributed by atoms with E-state index < -0.39 is 0 Å². The number of rotatable bonds is 8. The van der Waals surface area contributed by atoms with Crippen molar-refractivity contribution >= 4 is 23.4 Å². The summed E-state index contributed by atoms with van der Waals surface area (Å²) in [6, 6.07) is 22.5. The smallest absolute Gasteiger partial charge is 0.315 e. The zero-order valence-electron chi connectivity index (χ0n) is 21.2. The second-order valence-corrected chi connectivity index (χ2v) is 8.82. The lowest BCUT2D eigenvalue weighted by molar-refractivity contribution is -0.116. The van der Waals surface area contributed by atoms with Crippen LogP contribution in [0.15, 0.2) is 78.9 Å². The van der Waals surface area contributed by atoms with Crippen LogP contribution >= 0.6 is 0 Å². The number of aromatic nitrogens is 2. The van der Waals surface area contributed by atoms with Crippen LogP contribution in [-0.4, -0.2) is 39.7 Å². The van der Waals surface area contributed by atoms with Gasteiger partial charge in [-0.1, -0.05) is 49.4 Å². The van der Waals surface area contributed by atoms with E-state index in [1.165, 1.54) is 17.0 Å². The predicted molar refractivity (Wildman–Crippen MR) is 144 cm³/mol. The van der Waals surface area contributed by atoms with Gasteiger partial charge in [0.25, 0.3) is 0 Å². The van der Waals surface area contributed by atoms with Crippen LogP contribution in [0.4, 0.5) is 20.7 Å². The average molecular weight is 500 g/mol. The molecule has 0 unspecified atom stereocenters. The Kier molecular flexibility index (Phi) is 7.98. The van der Waals surface area contributed by atoms with Gasteiger partial charge in [0.05, 0.1) is 11.4 Å². The molecule has 3 amide bonds. The van der Waals surface area contributed by atoms with E-state index in [4.69, 9.17) is 0 Å². The highest BCUT2D eigenvalue weighted by Gasteiger charge is 2.20. The van der Waals surface area contributed by atoms with Gasteiger partial charge in [-0.2, -0.15) is 5.10 Å². The molecule has 0 saturated carbocycles. The Morgan fingerprint density at radius 2 is 1.68 bits per heavy atom. The molecule has 7 nitrogen and oxygen atoms in total. The maximum Gasteiger partial charge on any atom is 0.322 e. The Balaban J connectivity index is 1.55. The molecule has 4 aromatic rings. The molecule has 0 aliphatic carbocycles. The fraction of sp³-hybridized carbons (Fsp3) is 0.207. The summed E-state index contributed by atoms with van der Waals surface area (Å²) in [5.41, 5.74) is 4.89. The van der Waals surface area contributed by atoms with E-state index in [1.54, 1.807) is 22.9 Å². The van der Waals surface area contributed by atoms with Gasteiger partial charge >= 0.3 is 6.03 Å². The minimum Gasteiger partial charge on any atom is -0.315 e. The minimum absolute atomic E-state index is 0.139. The van der Waals surface area contributed by atoms with Crippen molar-refractivity contribution in [2.75, 3.05) is 23.7 Å². The summed E-state index contributed by atoms with van der Waals surface area (Å²) in [5, 5.41) is 10.5. The van der Waals surface area contributed by atoms with Crippen LogP contribution in [0, 0.1) is 19.7 Å². The van der Waals surface area contributed by atoms with Crippen LogP contribution in [0.25, 0.3) is 16.9 Å². The lowest BCUT2D eigenvalue weighted by Crippen LogP contribution is -2.41. The molecule has 0 aliphatic rings. The first kappa shape index (κ1) is 25.6. The van der Waals surface area contributed by atoms with Crippen molar-refractivity contribution in [2.45, 2.75) is 27.2 Å². The van der Waals surface area contributed by atoms with E-state index in [2.05, 4.69) is 15.7 Å². The highest BCUT2D eigenvalue weighted by Crippen LogP contribution is 2.25. The number of urea groups is 1. The molecule has 4 rings (SSSR count). The largest absolute Gasteiger partial charge is 0.322 e. The number of halogens is 1. The van der Waals surface area contributed by atoms with Crippen LogP contribution in [0.1, 0.15) is 24.5 Å². The molecule has 2 N–H and O–H groups in total. The van der Waals surface area contributed by atoms with E-state index in [-0.39, 0.29) is 24.3 Å². The number of hydrogen-bond donors (Lipinski definition) is 2. The Hall–Kier alpha value is -4.46. The van der Waals surface area contributed by atoms with E-state index in [0.29, 0.717) is 35.9 Å². The SMILES string of the molecule is CCCN(CC(=O)Nc1cc(-c2ccccc2)nn1-c1ccc(F)cc1)C(=O)Nc1cccc(C)c1C. The number of hydrogen-bond acceptors (Lipinski definition) is 3. The van der Waals surface area contributed by atoms with Crippen molar-refractivity contribution in [2.24, 2.45) is 0 Å². The highest BCUT2D eigenvalue weighted by molar-refractivity contribution is 5.97. The molecule has 190 valence electrons. The number of nitrogens with one attached hydrogen (secondary N) is 2. The van der Waals surface area contributed by atoms with Crippen molar-refractivity contribution in [3.8, 4) is 16.9 Å². The maximum atomic E-state index is 13.5. The average Bonchev–Trinajstić information content (AvgIpc) is 3.31. The second-order valence-electron chi connectivity index (χ2n) is 8.82. The maximum absolute atomic E-state index is 13.5. The lowest BCUT2D eigenvalue weighted by atomic mass is 10.1. The molecular weight excluding hydrogens is 469 g/mol. The molecule has 0 spiro atoms. The summed E-state index contributed by atoms with van der Waals surface area (Å²) < 4.78 is 15.1. The molecule has 0 aliphatic heterocycles. The van der Waals surface area contributed by atoms with E-state index in [9.17, 15) is 14.0 Å². The van der Waals surface area contributed by atoms with Crippen molar-refractivity contribution < 1.29 is 14.0 Å². The van der Waals surface area contributed by atoms with Crippen molar-refractivity contribution in [1.82, 2.24) is 14.7 Å². The van der Waals surface area contributed by atoms with Crippen molar-refractivity contribution in [3.05, 3.63) is 95.8 Å². The van der Waals surface area contributed by atoms with Crippen LogP contribution in [-0.2, 0) is 4.79 Å². The molecule has 3 aromatic carbocycles. The summed E-state index contributed by atoms with van der Waals surface area (Å²) >= 11 is 0. The molecule has 0 bridgehead atoms. The molecule has 0 saturated heterocycles. The number of nitrogens with zero attached hydrogens (tertiary/aromatic N) is 3. The fourth-order valence-electron chi connectivity index (χ4n) is 3.96. The highest BCUT2D eigenvalue weighted by atomic mass is 19.1. The van der Waals surface area contributed by atoms with Crippen LogP contribution < -0.4 is 10.6 Å². The molecule has 0 fully saturated rings. The number of benzene rings is 3. The van der Waals surface area contributed by atoms with Gasteiger partial charge in [0.1, 0.15) is 18.2 Å². The second kappa shape index (κ2) is 11.5. The fourth-order valence-corrected chi connectivity index (χ4v) is 3.96. The summed E-state index contributed by atoms with van der Waals surface area (Å²) in [5.74, 6) is -0.316. The number of amides is 3. The van der Waals surface area contributed by atoms with Crippen molar-refractivity contribution in [3.63, 3.8) is 0 Å². The van der Waals surface area contributed by atoms with E-state index >= 15 is 0 Å². The third-order valence-corrected chi connectivity index (χ3v) is 6.08. The van der Waals surface area contributed by atoms with E-state index in [1.807, 2.05) is 69.3 Å². The Morgan fingerprint density at radius 1 is 0.946 bits per heavy atom. The van der Waals surface area contributed by atoms with Gasteiger partial charge in [-0.15, -0.1) is 0 Å². The van der Waals surface area contributed by atoms with Gasteiger partial charge in [0.15, 0.2) is 0 Å². The Labute approximate surface area is 215 Å². The van der Waals surface area contributed by atoms with Gasteiger partial charge in [0.2, 0.25) is 5.91 Å². The van der Waals surface area contributed by atoms with E-state index in [0.717, 1.165) is 16.7 Å². The zero-order chi connectivity index (χ0) is 26.4. The van der Waals surface area contributed by atoms with Gasteiger partial charge in [-0.05, 0) is 61.7 Å². The normalized spacial score (nSPS) is 10.7. The molecular formula is C29H30FN5O2. The monoisotopic (exact) mass is 499 g/mol. The van der Waals surface area contributed by atoms with Crippen LogP contribution in [0.5, 0.6) is 0 Å². The molecule has 1 heterocycles. The number of anilines is 2. The van der Waals surface area contributed by atoms with Crippen LogP contribution in [0.2, 0.25) is 0 Å². The third kappa shape index (κ3) is 6.22. The van der Waals surface area contributed by atoms with Crippen molar-refractivity contribution in [1.29, 1.82) is 0 Å². The summed E-state index contributed by atoms with van der Waals surface area (Å²) in [6.45, 7) is 6.15. The number of carbonyl (C=O) groups excluding carboxylic acids is 2. The van der Waals surface area contributed by atoms with Crippen LogP contribution in [0.3, 0.4) is 0 Å². The third-order valence-electron chi connectivity index (χ3n) is 6.08. The summed E-state index contributed by atoms with van der Waals surface area (Å²) in [7, 11) is 0. The Morgan fingerprint density at radius 3 is 2.38 bits per heavy atom. The van der Waals surface area contributed by atoms with Gasteiger partial charge in [-0.25, -0.2) is 13.9 Å². The quantitative estimate of drug-likeness (QED) is 0.304. The molecule has 37 heavy (non-hydrogen) atoms. The van der Waals surface area contributed by atoms with Gasteiger partial charge < -0.3 is 15.5 Å². The van der Waals surface area contributed by atoms with Gasteiger partial charge in [0, 0.05) is 23.9 Å².